The van der Waals surface area contributed by atoms with E-state index in [1.165, 1.54) is 37.2 Å². The highest BCUT2D eigenvalue weighted by molar-refractivity contribution is 5.45. The van der Waals surface area contributed by atoms with Gasteiger partial charge in [0.1, 0.15) is 0 Å². The van der Waals surface area contributed by atoms with E-state index in [1.54, 1.807) is 0 Å². The quantitative estimate of drug-likeness (QED) is 0.897. The van der Waals surface area contributed by atoms with E-state index in [9.17, 15) is 0 Å². The first-order valence-electron chi connectivity index (χ1n) is 7.20. The lowest BCUT2D eigenvalue weighted by atomic mass is 9.90. The molecule has 1 aliphatic rings. The van der Waals surface area contributed by atoms with E-state index in [4.69, 9.17) is 0 Å². The number of hydrogen-bond donors (Lipinski definition) is 1. The van der Waals surface area contributed by atoms with Gasteiger partial charge in [-0.3, -0.25) is 4.90 Å². The second-order valence-electron chi connectivity index (χ2n) is 6.15. The fourth-order valence-corrected chi connectivity index (χ4v) is 2.61. The molecule has 106 valence electrons. The molecule has 3 heteroatoms. The minimum atomic E-state index is 0.339. The van der Waals surface area contributed by atoms with Gasteiger partial charge < -0.3 is 10.2 Å². The molecular formula is C16H27N3. The molecule has 1 N–H and O–H groups in total. The number of hydrogen-bond acceptors (Lipinski definition) is 3. The van der Waals surface area contributed by atoms with Gasteiger partial charge >= 0.3 is 0 Å². The van der Waals surface area contributed by atoms with Gasteiger partial charge in [-0.15, -0.1) is 0 Å². The van der Waals surface area contributed by atoms with Gasteiger partial charge in [0.15, 0.2) is 0 Å². The minimum Gasteiger partial charge on any atom is -0.378 e. The lowest BCUT2D eigenvalue weighted by Crippen LogP contribution is -2.49. The van der Waals surface area contributed by atoms with Crippen LogP contribution in [0.4, 0.5) is 5.69 Å². The fraction of sp³-hybridized carbons (Fsp3) is 0.625. The van der Waals surface area contributed by atoms with Crippen molar-refractivity contribution in [3.63, 3.8) is 0 Å². The average molecular weight is 261 g/mol. The Kier molecular flexibility index (Phi) is 4.48. The summed E-state index contributed by atoms with van der Waals surface area (Å²) in [5, 5.41) is 3.45. The molecule has 1 saturated heterocycles. The van der Waals surface area contributed by atoms with Crippen molar-refractivity contribution in [3.8, 4) is 0 Å². The van der Waals surface area contributed by atoms with Gasteiger partial charge in [0.25, 0.3) is 0 Å². The largest absolute Gasteiger partial charge is 0.378 e. The van der Waals surface area contributed by atoms with Crippen LogP contribution in [0, 0.1) is 0 Å². The Morgan fingerprint density at radius 1 is 1.16 bits per heavy atom. The van der Waals surface area contributed by atoms with Crippen LogP contribution in [0.2, 0.25) is 0 Å². The van der Waals surface area contributed by atoms with Crippen molar-refractivity contribution in [3.05, 3.63) is 29.8 Å². The van der Waals surface area contributed by atoms with E-state index in [-0.39, 0.29) is 0 Å². The van der Waals surface area contributed by atoms with E-state index in [0.717, 1.165) is 6.54 Å². The van der Waals surface area contributed by atoms with Crippen molar-refractivity contribution < 1.29 is 0 Å². The number of anilines is 1. The molecule has 0 radical (unpaired) electrons. The molecule has 0 amide bonds. The van der Waals surface area contributed by atoms with E-state index >= 15 is 0 Å². The van der Waals surface area contributed by atoms with Crippen LogP contribution in [0.1, 0.15) is 25.3 Å². The predicted octanol–water partition coefficient (Wildman–Crippen LogP) is 2.33. The maximum absolute atomic E-state index is 3.45. The number of benzene rings is 1. The summed E-state index contributed by atoms with van der Waals surface area (Å²) in [6, 6.07) is 8.91. The summed E-state index contributed by atoms with van der Waals surface area (Å²) in [7, 11) is 6.24. The Balaban J connectivity index is 1.89. The van der Waals surface area contributed by atoms with Crippen molar-refractivity contribution in [2.75, 3.05) is 39.1 Å². The normalized spacial score (nSPS) is 19.4. The maximum atomic E-state index is 3.45. The smallest absolute Gasteiger partial charge is 0.0361 e. The maximum Gasteiger partial charge on any atom is 0.0361 e. The summed E-state index contributed by atoms with van der Waals surface area (Å²) in [6.45, 7) is 5.78. The Labute approximate surface area is 117 Å². The SMILES string of the molecule is CNC1(C)CCN(Cc2ccc(N(C)C)cc2)CC1. The topological polar surface area (TPSA) is 18.5 Å². The second kappa shape index (κ2) is 5.93. The molecule has 0 saturated carbocycles. The molecule has 1 aromatic rings. The highest BCUT2D eigenvalue weighted by atomic mass is 15.1. The zero-order chi connectivity index (χ0) is 13.9. The minimum absolute atomic E-state index is 0.339. The molecule has 1 aromatic carbocycles. The molecule has 0 bridgehead atoms. The molecule has 1 fully saturated rings. The third-order valence-electron chi connectivity index (χ3n) is 4.42. The number of likely N-dealkylation sites (tertiary alicyclic amines) is 1. The Morgan fingerprint density at radius 2 is 1.74 bits per heavy atom. The zero-order valence-electron chi connectivity index (χ0n) is 12.7. The molecule has 0 aromatic heterocycles. The molecule has 2 rings (SSSR count). The van der Waals surface area contributed by atoms with Crippen LogP contribution in [0.3, 0.4) is 0 Å². The van der Waals surface area contributed by atoms with E-state index in [0.29, 0.717) is 5.54 Å². The first kappa shape index (κ1) is 14.4. The standard InChI is InChI=1S/C16H27N3/c1-16(17-2)9-11-19(12-10-16)13-14-5-7-15(8-6-14)18(3)4/h5-8,17H,9-13H2,1-4H3. The number of nitrogens with zero attached hydrogens (tertiary/aromatic N) is 2. The van der Waals surface area contributed by atoms with Crippen LogP contribution in [-0.4, -0.2) is 44.7 Å². The molecular weight excluding hydrogens is 234 g/mol. The molecule has 19 heavy (non-hydrogen) atoms. The summed E-state index contributed by atoms with van der Waals surface area (Å²) in [6.07, 6.45) is 2.47. The molecule has 0 unspecified atom stereocenters. The van der Waals surface area contributed by atoms with Gasteiger partial charge in [0, 0.05) is 45.0 Å². The van der Waals surface area contributed by atoms with Crippen molar-refractivity contribution in [2.45, 2.75) is 31.8 Å². The second-order valence-corrected chi connectivity index (χ2v) is 6.15. The van der Waals surface area contributed by atoms with Crippen LogP contribution < -0.4 is 10.2 Å². The summed E-state index contributed by atoms with van der Waals surface area (Å²) < 4.78 is 0. The highest BCUT2D eigenvalue weighted by Crippen LogP contribution is 2.22. The van der Waals surface area contributed by atoms with Gasteiger partial charge in [-0.1, -0.05) is 12.1 Å². The van der Waals surface area contributed by atoms with Crippen molar-refractivity contribution in [1.29, 1.82) is 0 Å². The predicted molar refractivity (Wildman–Crippen MR) is 82.7 cm³/mol. The van der Waals surface area contributed by atoms with Gasteiger partial charge in [0.05, 0.1) is 0 Å². The third kappa shape index (κ3) is 3.71. The number of rotatable bonds is 4. The lowest BCUT2D eigenvalue weighted by Gasteiger charge is -2.39. The lowest BCUT2D eigenvalue weighted by molar-refractivity contribution is 0.146. The van der Waals surface area contributed by atoms with Crippen LogP contribution in [0.15, 0.2) is 24.3 Å². The first-order chi connectivity index (χ1) is 9.02. The van der Waals surface area contributed by atoms with Crippen LogP contribution in [0.5, 0.6) is 0 Å². The number of nitrogens with one attached hydrogen (secondary N) is 1. The molecule has 1 aliphatic heterocycles. The molecule has 3 nitrogen and oxygen atoms in total. The highest BCUT2D eigenvalue weighted by Gasteiger charge is 2.27. The third-order valence-corrected chi connectivity index (χ3v) is 4.42. The van der Waals surface area contributed by atoms with E-state index < -0.39 is 0 Å². The average Bonchev–Trinajstić information content (AvgIpc) is 2.42. The van der Waals surface area contributed by atoms with Crippen molar-refractivity contribution in [2.24, 2.45) is 0 Å². The van der Waals surface area contributed by atoms with Crippen LogP contribution >= 0.6 is 0 Å². The van der Waals surface area contributed by atoms with Gasteiger partial charge in [0.2, 0.25) is 0 Å². The summed E-state index contributed by atoms with van der Waals surface area (Å²) in [4.78, 5) is 4.70. The van der Waals surface area contributed by atoms with Crippen LogP contribution in [-0.2, 0) is 6.54 Å². The Hall–Kier alpha value is -1.06. The van der Waals surface area contributed by atoms with E-state index in [1.807, 2.05) is 0 Å². The first-order valence-corrected chi connectivity index (χ1v) is 7.20. The van der Waals surface area contributed by atoms with Crippen LogP contribution in [0.25, 0.3) is 0 Å². The van der Waals surface area contributed by atoms with Crippen molar-refractivity contribution in [1.82, 2.24) is 10.2 Å². The van der Waals surface area contributed by atoms with Crippen molar-refractivity contribution >= 4 is 5.69 Å². The zero-order valence-corrected chi connectivity index (χ0v) is 12.7. The Morgan fingerprint density at radius 3 is 2.21 bits per heavy atom. The summed E-state index contributed by atoms with van der Waals surface area (Å²) in [5.74, 6) is 0. The van der Waals surface area contributed by atoms with Gasteiger partial charge in [-0.25, -0.2) is 0 Å². The summed E-state index contributed by atoms with van der Waals surface area (Å²) >= 11 is 0. The van der Waals surface area contributed by atoms with E-state index in [2.05, 4.69) is 67.4 Å². The molecule has 0 aliphatic carbocycles. The molecule has 0 spiro atoms. The fourth-order valence-electron chi connectivity index (χ4n) is 2.61. The monoisotopic (exact) mass is 261 g/mol. The Bertz CT molecular complexity index is 389. The van der Waals surface area contributed by atoms with Gasteiger partial charge in [-0.05, 0) is 44.5 Å². The molecule has 0 atom stereocenters. The number of piperidine rings is 1. The summed E-state index contributed by atoms with van der Waals surface area (Å²) in [5.41, 5.74) is 3.02. The van der Waals surface area contributed by atoms with Gasteiger partial charge in [-0.2, -0.15) is 0 Å². The molecule has 1 heterocycles.